The topological polar surface area (TPSA) is 62.7 Å². The summed E-state index contributed by atoms with van der Waals surface area (Å²) < 4.78 is 0. The summed E-state index contributed by atoms with van der Waals surface area (Å²) in [5.74, 6) is 1.30. The van der Waals surface area contributed by atoms with Gasteiger partial charge in [-0.05, 0) is 37.3 Å². The summed E-state index contributed by atoms with van der Waals surface area (Å²) in [6.07, 6.45) is 3.45. The maximum absolute atomic E-state index is 6.20. The Labute approximate surface area is 127 Å². The number of fused-ring (bicyclic) bond motifs is 1. The lowest BCUT2D eigenvalue weighted by Crippen LogP contribution is -2.03. The molecule has 2 N–H and O–H groups in total. The van der Waals surface area contributed by atoms with E-state index in [-0.39, 0.29) is 0 Å². The monoisotopic (exact) mass is 299 g/mol. The summed E-state index contributed by atoms with van der Waals surface area (Å²) in [7, 11) is 0. The standard InChI is InChI=1S/C15H14ClN5/c1-2-17-15-19-9-7-13(21-15)20-12-6-5-11(16)10-4-3-8-18-14(10)12/h3-9H,2H2,1H3,(H2,17,19,20,21). The van der Waals surface area contributed by atoms with Gasteiger partial charge in [0.2, 0.25) is 5.95 Å². The molecule has 2 aromatic heterocycles. The van der Waals surface area contributed by atoms with E-state index in [2.05, 4.69) is 25.6 Å². The summed E-state index contributed by atoms with van der Waals surface area (Å²) in [5.41, 5.74) is 1.67. The molecule has 1 aromatic carbocycles. The highest BCUT2D eigenvalue weighted by Crippen LogP contribution is 2.29. The predicted molar refractivity (Wildman–Crippen MR) is 86.2 cm³/mol. The molecule has 3 rings (SSSR count). The molecule has 0 bridgehead atoms. The van der Waals surface area contributed by atoms with Gasteiger partial charge >= 0.3 is 0 Å². The van der Waals surface area contributed by atoms with E-state index in [0.29, 0.717) is 16.8 Å². The van der Waals surface area contributed by atoms with Gasteiger partial charge in [0.05, 0.1) is 16.2 Å². The zero-order valence-electron chi connectivity index (χ0n) is 11.5. The number of nitrogens with zero attached hydrogens (tertiary/aromatic N) is 3. The highest BCUT2D eigenvalue weighted by atomic mass is 35.5. The van der Waals surface area contributed by atoms with Crippen LogP contribution in [0.25, 0.3) is 10.9 Å². The lowest BCUT2D eigenvalue weighted by molar-refractivity contribution is 1.09. The molecule has 0 radical (unpaired) electrons. The molecule has 5 nitrogen and oxygen atoms in total. The molecule has 0 atom stereocenters. The third kappa shape index (κ3) is 2.87. The Morgan fingerprint density at radius 2 is 2.00 bits per heavy atom. The van der Waals surface area contributed by atoms with Crippen LogP contribution < -0.4 is 10.6 Å². The van der Waals surface area contributed by atoms with Gasteiger partial charge in [0.15, 0.2) is 0 Å². The van der Waals surface area contributed by atoms with Gasteiger partial charge in [-0.2, -0.15) is 4.98 Å². The summed E-state index contributed by atoms with van der Waals surface area (Å²) in [6.45, 7) is 2.77. The van der Waals surface area contributed by atoms with Crippen LogP contribution in [0.5, 0.6) is 0 Å². The Balaban J connectivity index is 1.98. The van der Waals surface area contributed by atoms with Crippen molar-refractivity contribution in [2.24, 2.45) is 0 Å². The van der Waals surface area contributed by atoms with Crippen molar-refractivity contribution in [2.75, 3.05) is 17.2 Å². The van der Waals surface area contributed by atoms with E-state index in [1.807, 2.05) is 37.3 Å². The van der Waals surface area contributed by atoms with E-state index < -0.39 is 0 Å². The average molecular weight is 300 g/mol. The van der Waals surface area contributed by atoms with Gasteiger partial charge < -0.3 is 10.6 Å². The number of pyridine rings is 1. The molecule has 0 spiro atoms. The largest absolute Gasteiger partial charge is 0.354 e. The maximum Gasteiger partial charge on any atom is 0.224 e. The minimum Gasteiger partial charge on any atom is -0.354 e. The highest BCUT2D eigenvalue weighted by molar-refractivity contribution is 6.35. The van der Waals surface area contributed by atoms with E-state index in [4.69, 9.17) is 11.6 Å². The van der Waals surface area contributed by atoms with E-state index in [0.717, 1.165) is 23.1 Å². The summed E-state index contributed by atoms with van der Waals surface area (Å²) >= 11 is 6.20. The number of halogens is 1. The zero-order chi connectivity index (χ0) is 14.7. The molecule has 106 valence electrons. The van der Waals surface area contributed by atoms with E-state index in [1.165, 1.54) is 0 Å². The fourth-order valence-electron chi connectivity index (χ4n) is 2.05. The number of anilines is 3. The third-order valence-corrected chi connectivity index (χ3v) is 3.30. The molecule has 0 aliphatic carbocycles. The lowest BCUT2D eigenvalue weighted by atomic mass is 10.2. The molecule has 21 heavy (non-hydrogen) atoms. The summed E-state index contributed by atoms with van der Waals surface area (Å²) in [6, 6.07) is 9.36. The van der Waals surface area contributed by atoms with Crippen LogP contribution in [0.2, 0.25) is 5.02 Å². The van der Waals surface area contributed by atoms with Gasteiger partial charge in [-0.3, -0.25) is 4.98 Å². The quantitative estimate of drug-likeness (QED) is 0.766. The van der Waals surface area contributed by atoms with E-state index in [9.17, 15) is 0 Å². The molecule has 3 aromatic rings. The van der Waals surface area contributed by atoms with Gasteiger partial charge in [0.1, 0.15) is 5.82 Å². The van der Waals surface area contributed by atoms with Crippen molar-refractivity contribution in [3.05, 3.63) is 47.7 Å². The average Bonchev–Trinajstić information content (AvgIpc) is 2.51. The number of hydrogen-bond acceptors (Lipinski definition) is 5. The van der Waals surface area contributed by atoms with Crippen molar-refractivity contribution in [1.82, 2.24) is 15.0 Å². The molecule has 6 heteroatoms. The minimum atomic E-state index is 0.591. The highest BCUT2D eigenvalue weighted by Gasteiger charge is 2.07. The van der Waals surface area contributed by atoms with Gasteiger partial charge in [0, 0.05) is 24.3 Å². The first-order chi connectivity index (χ1) is 10.3. The number of benzene rings is 1. The van der Waals surface area contributed by atoms with Crippen molar-refractivity contribution in [1.29, 1.82) is 0 Å². The second kappa shape index (κ2) is 5.93. The Kier molecular flexibility index (Phi) is 3.83. The summed E-state index contributed by atoms with van der Waals surface area (Å²) in [4.78, 5) is 12.9. The van der Waals surface area contributed by atoms with Crippen LogP contribution in [0, 0.1) is 0 Å². The van der Waals surface area contributed by atoms with Crippen LogP contribution in [0.1, 0.15) is 6.92 Å². The van der Waals surface area contributed by atoms with Crippen LogP contribution >= 0.6 is 11.6 Å². The van der Waals surface area contributed by atoms with Gasteiger partial charge in [0.25, 0.3) is 0 Å². The number of hydrogen-bond donors (Lipinski definition) is 2. The van der Waals surface area contributed by atoms with Crippen molar-refractivity contribution >= 4 is 40.0 Å². The molecule has 0 amide bonds. The number of nitrogens with one attached hydrogen (secondary N) is 2. The smallest absolute Gasteiger partial charge is 0.224 e. The molecular weight excluding hydrogens is 286 g/mol. The van der Waals surface area contributed by atoms with Crippen LogP contribution in [-0.4, -0.2) is 21.5 Å². The lowest BCUT2D eigenvalue weighted by Gasteiger charge is -2.10. The molecular formula is C15H14ClN5. The third-order valence-electron chi connectivity index (χ3n) is 2.97. The van der Waals surface area contributed by atoms with Crippen molar-refractivity contribution in [3.63, 3.8) is 0 Å². The van der Waals surface area contributed by atoms with Crippen LogP contribution in [0.15, 0.2) is 42.7 Å². The van der Waals surface area contributed by atoms with Crippen LogP contribution in [0.3, 0.4) is 0 Å². The van der Waals surface area contributed by atoms with Crippen LogP contribution in [0.4, 0.5) is 17.5 Å². The first kappa shape index (κ1) is 13.6. The predicted octanol–water partition coefficient (Wildman–Crippen LogP) is 3.85. The minimum absolute atomic E-state index is 0.591. The second-order valence-electron chi connectivity index (χ2n) is 4.42. The maximum atomic E-state index is 6.20. The molecule has 0 saturated heterocycles. The van der Waals surface area contributed by atoms with Crippen molar-refractivity contribution in [3.8, 4) is 0 Å². The first-order valence-electron chi connectivity index (χ1n) is 6.65. The fourth-order valence-corrected chi connectivity index (χ4v) is 2.26. The summed E-state index contributed by atoms with van der Waals surface area (Å²) in [5, 5.41) is 7.93. The van der Waals surface area contributed by atoms with E-state index >= 15 is 0 Å². The molecule has 2 heterocycles. The Morgan fingerprint density at radius 1 is 1.10 bits per heavy atom. The number of rotatable bonds is 4. The number of aromatic nitrogens is 3. The molecule has 0 saturated carbocycles. The van der Waals surface area contributed by atoms with Gasteiger partial charge in [-0.1, -0.05) is 11.6 Å². The Bertz CT molecular complexity index is 775. The molecule has 0 aliphatic heterocycles. The zero-order valence-corrected chi connectivity index (χ0v) is 12.2. The SMILES string of the molecule is CCNc1nccc(Nc2ccc(Cl)c3cccnc23)n1. The van der Waals surface area contributed by atoms with Gasteiger partial charge in [-0.25, -0.2) is 4.98 Å². The Morgan fingerprint density at radius 3 is 2.86 bits per heavy atom. The fraction of sp³-hybridized carbons (Fsp3) is 0.133. The normalized spacial score (nSPS) is 10.6. The first-order valence-corrected chi connectivity index (χ1v) is 7.03. The second-order valence-corrected chi connectivity index (χ2v) is 4.82. The van der Waals surface area contributed by atoms with Crippen molar-refractivity contribution < 1.29 is 0 Å². The van der Waals surface area contributed by atoms with Crippen LogP contribution in [-0.2, 0) is 0 Å². The Hall–Kier alpha value is -2.40. The molecule has 0 unspecified atom stereocenters. The molecule has 0 fully saturated rings. The molecule has 0 aliphatic rings. The van der Waals surface area contributed by atoms with Crippen molar-refractivity contribution in [2.45, 2.75) is 6.92 Å². The van der Waals surface area contributed by atoms with Gasteiger partial charge in [-0.15, -0.1) is 0 Å². The van der Waals surface area contributed by atoms with E-state index in [1.54, 1.807) is 12.4 Å².